The standard InChI is InChI=1S/C16H32N2/c1-14(13-16-11-7-4-8-12-17-16)18-15-9-5-2-3-6-10-15/h14-18H,2-13H2,1H3. The Morgan fingerprint density at radius 1 is 0.944 bits per heavy atom. The maximum absolute atomic E-state index is 3.89. The molecular formula is C16H32N2. The first-order chi connectivity index (χ1) is 8.84. The first-order valence-electron chi connectivity index (χ1n) is 8.34. The predicted molar refractivity (Wildman–Crippen MR) is 79.0 cm³/mol. The molecule has 0 amide bonds. The lowest BCUT2D eigenvalue weighted by Gasteiger charge is -2.26. The molecule has 2 aliphatic rings. The highest BCUT2D eigenvalue weighted by Crippen LogP contribution is 2.19. The van der Waals surface area contributed by atoms with Crippen molar-refractivity contribution in [2.24, 2.45) is 0 Å². The smallest absolute Gasteiger partial charge is 0.00817 e. The summed E-state index contributed by atoms with van der Waals surface area (Å²) in [6, 6.07) is 2.25. The van der Waals surface area contributed by atoms with Crippen LogP contribution >= 0.6 is 0 Å². The van der Waals surface area contributed by atoms with E-state index in [9.17, 15) is 0 Å². The van der Waals surface area contributed by atoms with Crippen LogP contribution < -0.4 is 10.6 Å². The minimum Gasteiger partial charge on any atom is -0.314 e. The van der Waals surface area contributed by atoms with Gasteiger partial charge in [0.15, 0.2) is 0 Å². The van der Waals surface area contributed by atoms with E-state index >= 15 is 0 Å². The van der Waals surface area contributed by atoms with Gasteiger partial charge in [-0.05, 0) is 45.6 Å². The van der Waals surface area contributed by atoms with Crippen molar-refractivity contribution in [3.8, 4) is 0 Å². The van der Waals surface area contributed by atoms with Crippen LogP contribution in [-0.2, 0) is 0 Å². The maximum atomic E-state index is 3.89. The summed E-state index contributed by atoms with van der Waals surface area (Å²) < 4.78 is 0. The van der Waals surface area contributed by atoms with E-state index in [1.807, 2.05) is 0 Å². The van der Waals surface area contributed by atoms with Gasteiger partial charge >= 0.3 is 0 Å². The molecule has 2 nitrogen and oxygen atoms in total. The van der Waals surface area contributed by atoms with Gasteiger partial charge in [-0.15, -0.1) is 0 Å². The van der Waals surface area contributed by atoms with Crippen LogP contribution in [0.3, 0.4) is 0 Å². The van der Waals surface area contributed by atoms with E-state index in [1.54, 1.807) is 0 Å². The van der Waals surface area contributed by atoms with Gasteiger partial charge in [0.1, 0.15) is 0 Å². The number of hydrogen-bond donors (Lipinski definition) is 2. The van der Waals surface area contributed by atoms with E-state index in [-0.39, 0.29) is 0 Å². The maximum Gasteiger partial charge on any atom is 0.00817 e. The fourth-order valence-corrected chi connectivity index (χ4v) is 3.65. The summed E-state index contributed by atoms with van der Waals surface area (Å²) in [4.78, 5) is 0. The summed E-state index contributed by atoms with van der Waals surface area (Å²) in [5.74, 6) is 0. The Morgan fingerprint density at radius 3 is 2.39 bits per heavy atom. The van der Waals surface area contributed by atoms with Crippen molar-refractivity contribution in [3.63, 3.8) is 0 Å². The molecule has 2 heteroatoms. The molecule has 2 fully saturated rings. The third kappa shape index (κ3) is 5.27. The highest BCUT2D eigenvalue weighted by Gasteiger charge is 2.18. The predicted octanol–water partition coefficient (Wildman–Crippen LogP) is 3.61. The van der Waals surface area contributed by atoms with Crippen LogP contribution in [0.2, 0.25) is 0 Å². The first kappa shape index (κ1) is 14.3. The van der Waals surface area contributed by atoms with Gasteiger partial charge in [0.25, 0.3) is 0 Å². The lowest BCUT2D eigenvalue weighted by atomic mass is 10.0. The molecule has 1 aliphatic carbocycles. The van der Waals surface area contributed by atoms with Gasteiger partial charge in [0.2, 0.25) is 0 Å². The fourth-order valence-electron chi connectivity index (χ4n) is 3.65. The van der Waals surface area contributed by atoms with Crippen molar-refractivity contribution in [3.05, 3.63) is 0 Å². The average molecular weight is 252 g/mol. The monoisotopic (exact) mass is 252 g/mol. The van der Waals surface area contributed by atoms with Gasteiger partial charge in [-0.2, -0.15) is 0 Å². The van der Waals surface area contributed by atoms with Crippen LogP contribution in [-0.4, -0.2) is 24.7 Å². The molecule has 1 saturated carbocycles. The zero-order chi connectivity index (χ0) is 12.6. The highest BCUT2D eigenvalue weighted by atomic mass is 15.0. The van der Waals surface area contributed by atoms with E-state index in [0.29, 0.717) is 6.04 Å². The van der Waals surface area contributed by atoms with Crippen molar-refractivity contribution >= 4 is 0 Å². The fraction of sp³-hybridized carbons (Fsp3) is 1.00. The van der Waals surface area contributed by atoms with E-state index in [0.717, 1.165) is 12.1 Å². The molecule has 0 aromatic carbocycles. The van der Waals surface area contributed by atoms with Gasteiger partial charge in [0.05, 0.1) is 0 Å². The molecule has 106 valence electrons. The van der Waals surface area contributed by atoms with Gasteiger partial charge in [-0.3, -0.25) is 0 Å². The summed E-state index contributed by atoms with van der Waals surface area (Å²) in [6.07, 6.45) is 15.5. The van der Waals surface area contributed by atoms with Gasteiger partial charge < -0.3 is 10.6 Å². The highest BCUT2D eigenvalue weighted by molar-refractivity contribution is 4.79. The Kier molecular flexibility index (Phi) is 6.50. The number of rotatable bonds is 4. The third-order valence-corrected chi connectivity index (χ3v) is 4.68. The first-order valence-corrected chi connectivity index (χ1v) is 8.34. The van der Waals surface area contributed by atoms with Gasteiger partial charge in [-0.25, -0.2) is 0 Å². The Hall–Kier alpha value is -0.0800. The molecule has 0 radical (unpaired) electrons. The van der Waals surface area contributed by atoms with Crippen molar-refractivity contribution in [1.29, 1.82) is 0 Å². The van der Waals surface area contributed by atoms with Crippen LogP contribution in [0, 0.1) is 0 Å². The minimum absolute atomic E-state index is 0.684. The summed E-state index contributed by atoms with van der Waals surface area (Å²) in [5, 5.41) is 7.61. The normalized spacial score (nSPS) is 29.5. The molecule has 1 aliphatic heterocycles. The largest absolute Gasteiger partial charge is 0.314 e. The molecule has 0 spiro atoms. The summed E-state index contributed by atoms with van der Waals surface area (Å²) in [6.45, 7) is 3.62. The molecule has 2 rings (SSSR count). The van der Waals surface area contributed by atoms with Crippen molar-refractivity contribution in [2.45, 2.75) is 95.7 Å². The Labute approximate surface area is 113 Å². The molecule has 0 aromatic rings. The van der Waals surface area contributed by atoms with Crippen molar-refractivity contribution < 1.29 is 0 Å². The Balaban J connectivity index is 1.67. The van der Waals surface area contributed by atoms with E-state index in [4.69, 9.17) is 0 Å². The van der Waals surface area contributed by atoms with Crippen LogP contribution in [0.5, 0.6) is 0 Å². The van der Waals surface area contributed by atoms with Crippen LogP contribution in [0.4, 0.5) is 0 Å². The minimum atomic E-state index is 0.684. The lowest BCUT2D eigenvalue weighted by Crippen LogP contribution is -2.41. The van der Waals surface area contributed by atoms with Gasteiger partial charge in [-0.1, -0.05) is 38.5 Å². The van der Waals surface area contributed by atoms with Crippen molar-refractivity contribution in [2.75, 3.05) is 6.54 Å². The summed E-state index contributed by atoms with van der Waals surface area (Å²) in [7, 11) is 0. The third-order valence-electron chi connectivity index (χ3n) is 4.68. The van der Waals surface area contributed by atoms with Crippen LogP contribution in [0.1, 0.15) is 77.6 Å². The quantitative estimate of drug-likeness (QED) is 0.747. The topological polar surface area (TPSA) is 24.1 Å². The SMILES string of the molecule is CC(CC1CCCCCN1)NC1CCCCCC1. The molecule has 1 heterocycles. The second kappa shape index (κ2) is 8.16. The molecular weight excluding hydrogens is 220 g/mol. The Morgan fingerprint density at radius 2 is 1.61 bits per heavy atom. The molecule has 0 aromatic heterocycles. The van der Waals surface area contributed by atoms with E-state index in [2.05, 4.69) is 17.6 Å². The molecule has 2 N–H and O–H groups in total. The van der Waals surface area contributed by atoms with E-state index < -0.39 is 0 Å². The number of hydrogen-bond acceptors (Lipinski definition) is 2. The van der Waals surface area contributed by atoms with Crippen LogP contribution in [0.25, 0.3) is 0 Å². The summed E-state index contributed by atoms with van der Waals surface area (Å²) in [5.41, 5.74) is 0. The molecule has 2 unspecified atom stereocenters. The van der Waals surface area contributed by atoms with E-state index in [1.165, 1.54) is 77.2 Å². The molecule has 1 saturated heterocycles. The number of nitrogens with one attached hydrogen (secondary N) is 2. The Bertz CT molecular complexity index is 179. The molecule has 18 heavy (non-hydrogen) atoms. The van der Waals surface area contributed by atoms with Crippen LogP contribution in [0.15, 0.2) is 0 Å². The second-order valence-corrected chi connectivity index (χ2v) is 6.49. The second-order valence-electron chi connectivity index (χ2n) is 6.49. The lowest BCUT2D eigenvalue weighted by molar-refractivity contribution is 0.351. The average Bonchev–Trinajstić information content (AvgIpc) is 2.74. The van der Waals surface area contributed by atoms with Crippen molar-refractivity contribution in [1.82, 2.24) is 10.6 Å². The molecule has 0 bridgehead atoms. The van der Waals surface area contributed by atoms with Gasteiger partial charge in [0, 0.05) is 18.1 Å². The molecule has 2 atom stereocenters. The zero-order valence-electron chi connectivity index (χ0n) is 12.2. The summed E-state index contributed by atoms with van der Waals surface area (Å²) >= 11 is 0. The zero-order valence-corrected chi connectivity index (χ0v) is 12.2.